The van der Waals surface area contributed by atoms with Gasteiger partial charge in [-0.25, -0.2) is 8.42 Å². The molecule has 29 heavy (non-hydrogen) atoms. The summed E-state index contributed by atoms with van der Waals surface area (Å²) in [5, 5.41) is 0. The van der Waals surface area contributed by atoms with E-state index in [9.17, 15) is 13.2 Å². The predicted molar refractivity (Wildman–Crippen MR) is 115 cm³/mol. The van der Waals surface area contributed by atoms with Gasteiger partial charge in [-0.3, -0.25) is 9.52 Å². The number of fused-ring (bicyclic) bond motifs is 1. The Morgan fingerprint density at radius 3 is 2.52 bits per heavy atom. The number of sulfonamides is 1. The molecule has 1 aliphatic heterocycles. The molecule has 0 radical (unpaired) electrons. The van der Waals surface area contributed by atoms with Gasteiger partial charge in [-0.05, 0) is 57.9 Å². The molecular weight excluding hydrogens is 388 g/mol. The zero-order chi connectivity index (χ0) is 21.4. The molecule has 1 N–H and O–H groups in total. The summed E-state index contributed by atoms with van der Waals surface area (Å²) < 4.78 is 34.3. The summed E-state index contributed by atoms with van der Waals surface area (Å²) in [6.07, 6.45) is 0.808. The summed E-state index contributed by atoms with van der Waals surface area (Å²) in [6, 6.07) is 10.3. The van der Waals surface area contributed by atoms with Crippen LogP contribution in [0, 0.1) is 19.3 Å². The molecule has 0 aliphatic carbocycles. The van der Waals surface area contributed by atoms with Crippen molar-refractivity contribution < 1.29 is 17.9 Å². The van der Waals surface area contributed by atoms with E-state index in [2.05, 4.69) is 4.72 Å². The van der Waals surface area contributed by atoms with Crippen molar-refractivity contribution in [2.75, 3.05) is 22.8 Å². The molecule has 2 aromatic carbocycles. The van der Waals surface area contributed by atoms with Crippen molar-refractivity contribution in [3.63, 3.8) is 0 Å². The Morgan fingerprint density at radius 1 is 1.14 bits per heavy atom. The first-order valence-electron chi connectivity index (χ1n) is 9.74. The first-order valence-corrected chi connectivity index (χ1v) is 11.2. The Bertz CT molecular complexity index is 1040. The number of nitrogens with one attached hydrogen (secondary N) is 1. The fourth-order valence-electron chi connectivity index (χ4n) is 3.47. The number of nitrogens with zero attached hydrogens (tertiary/aromatic N) is 1. The van der Waals surface area contributed by atoms with Crippen molar-refractivity contribution >= 4 is 27.3 Å². The van der Waals surface area contributed by atoms with E-state index in [0.717, 1.165) is 12.0 Å². The molecule has 3 rings (SSSR count). The van der Waals surface area contributed by atoms with Crippen molar-refractivity contribution in [3.8, 4) is 5.75 Å². The van der Waals surface area contributed by atoms with Crippen LogP contribution in [-0.2, 0) is 14.8 Å². The number of carbonyl (C=O) groups is 1. The van der Waals surface area contributed by atoms with Gasteiger partial charge in [0.1, 0.15) is 12.4 Å². The van der Waals surface area contributed by atoms with Crippen LogP contribution in [0.15, 0.2) is 41.3 Å². The quantitative estimate of drug-likeness (QED) is 0.790. The van der Waals surface area contributed by atoms with Crippen LogP contribution in [0.25, 0.3) is 0 Å². The predicted octanol–water partition coefficient (Wildman–Crippen LogP) is 4.27. The molecule has 6 nitrogen and oxygen atoms in total. The summed E-state index contributed by atoms with van der Waals surface area (Å²) in [7, 11) is -3.74. The van der Waals surface area contributed by atoms with Crippen LogP contribution in [0.5, 0.6) is 5.75 Å². The zero-order valence-corrected chi connectivity index (χ0v) is 18.4. The number of amides is 1. The van der Waals surface area contributed by atoms with Gasteiger partial charge in [0.2, 0.25) is 5.91 Å². The summed E-state index contributed by atoms with van der Waals surface area (Å²) in [5.41, 5.74) is 2.09. The first-order chi connectivity index (χ1) is 13.5. The summed E-state index contributed by atoms with van der Waals surface area (Å²) in [6.45, 7) is 10.2. The third-order valence-electron chi connectivity index (χ3n) is 4.98. The molecule has 1 aliphatic rings. The first kappa shape index (κ1) is 21.2. The molecule has 7 heteroatoms. The Morgan fingerprint density at radius 2 is 1.86 bits per heavy atom. The fraction of sp³-hybridized carbons (Fsp3) is 0.409. The van der Waals surface area contributed by atoms with Crippen LogP contribution in [-0.4, -0.2) is 27.5 Å². The minimum absolute atomic E-state index is 0.00158. The van der Waals surface area contributed by atoms with Crippen LogP contribution in [0.2, 0.25) is 0 Å². The molecule has 0 bridgehead atoms. The monoisotopic (exact) mass is 416 g/mol. The van der Waals surface area contributed by atoms with E-state index in [4.69, 9.17) is 4.74 Å². The van der Waals surface area contributed by atoms with E-state index in [1.807, 2.05) is 33.8 Å². The summed E-state index contributed by atoms with van der Waals surface area (Å²) in [5.74, 6) is 0.500. The van der Waals surface area contributed by atoms with Gasteiger partial charge in [-0.1, -0.05) is 24.6 Å². The molecule has 2 aromatic rings. The minimum atomic E-state index is -3.74. The number of rotatable bonds is 5. The lowest BCUT2D eigenvalue weighted by atomic mass is 9.93. The van der Waals surface area contributed by atoms with E-state index in [-0.39, 0.29) is 17.4 Å². The highest BCUT2D eigenvalue weighted by Gasteiger charge is 2.37. The highest BCUT2D eigenvalue weighted by molar-refractivity contribution is 7.92. The standard InChI is InChI=1S/C22H28N2O4S/c1-6-11-24-18-9-8-17(13-19(18)28-14-22(4,5)21(24)25)23-29(26,27)20-10-7-15(2)12-16(20)3/h7-10,12-13,23H,6,11,14H2,1-5H3. The van der Waals surface area contributed by atoms with E-state index in [1.165, 1.54) is 0 Å². The van der Waals surface area contributed by atoms with Crippen molar-refractivity contribution in [1.29, 1.82) is 0 Å². The van der Waals surface area contributed by atoms with Crippen molar-refractivity contribution in [3.05, 3.63) is 47.5 Å². The number of carbonyl (C=O) groups excluding carboxylic acids is 1. The maximum Gasteiger partial charge on any atom is 0.262 e. The number of benzene rings is 2. The molecule has 0 aromatic heterocycles. The van der Waals surface area contributed by atoms with Crippen LogP contribution in [0.4, 0.5) is 11.4 Å². The molecule has 0 fully saturated rings. The van der Waals surface area contributed by atoms with E-state index in [0.29, 0.717) is 29.2 Å². The smallest absolute Gasteiger partial charge is 0.262 e. The maximum atomic E-state index is 12.9. The van der Waals surface area contributed by atoms with E-state index >= 15 is 0 Å². The van der Waals surface area contributed by atoms with Crippen LogP contribution >= 0.6 is 0 Å². The lowest BCUT2D eigenvalue weighted by Crippen LogP contribution is -2.42. The molecule has 1 heterocycles. The van der Waals surface area contributed by atoms with Gasteiger partial charge in [0.15, 0.2) is 0 Å². The molecule has 0 saturated heterocycles. The molecule has 0 saturated carbocycles. The lowest BCUT2D eigenvalue weighted by Gasteiger charge is -2.27. The van der Waals surface area contributed by atoms with E-state index < -0.39 is 15.4 Å². The third-order valence-corrected chi connectivity index (χ3v) is 6.52. The van der Waals surface area contributed by atoms with Crippen LogP contribution in [0.3, 0.4) is 0 Å². The largest absolute Gasteiger partial charge is 0.490 e. The molecule has 0 unspecified atom stereocenters. The number of hydrogen-bond acceptors (Lipinski definition) is 4. The van der Waals surface area contributed by atoms with Crippen LogP contribution < -0.4 is 14.4 Å². The Hall–Kier alpha value is -2.54. The van der Waals surface area contributed by atoms with Crippen molar-refractivity contribution in [1.82, 2.24) is 0 Å². The normalized spacial score (nSPS) is 16.0. The number of anilines is 2. The average molecular weight is 417 g/mol. The molecular formula is C22H28N2O4S. The maximum absolute atomic E-state index is 12.9. The summed E-state index contributed by atoms with van der Waals surface area (Å²) >= 11 is 0. The lowest BCUT2D eigenvalue weighted by molar-refractivity contribution is -0.127. The summed E-state index contributed by atoms with van der Waals surface area (Å²) in [4.78, 5) is 14.9. The number of ether oxygens (including phenoxy) is 1. The van der Waals surface area contributed by atoms with E-state index in [1.54, 1.807) is 42.2 Å². The topological polar surface area (TPSA) is 75.7 Å². The van der Waals surface area contributed by atoms with Crippen LogP contribution in [0.1, 0.15) is 38.3 Å². The minimum Gasteiger partial charge on any atom is -0.490 e. The molecule has 1 amide bonds. The van der Waals surface area contributed by atoms with Gasteiger partial charge in [0.05, 0.1) is 21.7 Å². The van der Waals surface area contributed by atoms with Crippen molar-refractivity contribution in [2.45, 2.75) is 45.9 Å². The highest BCUT2D eigenvalue weighted by atomic mass is 32.2. The zero-order valence-electron chi connectivity index (χ0n) is 17.6. The number of aryl methyl sites for hydroxylation is 2. The third kappa shape index (κ3) is 4.24. The fourth-order valence-corrected chi connectivity index (χ4v) is 4.74. The second-order valence-electron chi connectivity index (χ2n) is 8.19. The van der Waals surface area contributed by atoms with Gasteiger partial charge < -0.3 is 9.64 Å². The van der Waals surface area contributed by atoms with Gasteiger partial charge in [0, 0.05) is 12.6 Å². The second-order valence-corrected chi connectivity index (χ2v) is 9.84. The molecule has 156 valence electrons. The van der Waals surface area contributed by atoms with Gasteiger partial charge in [-0.15, -0.1) is 0 Å². The molecule has 0 spiro atoms. The van der Waals surface area contributed by atoms with Gasteiger partial charge in [0.25, 0.3) is 10.0 Å². The van der Waals surface area contributed by atoms with Gasteiger partial charge in [-0.2, -0.15) is 0 Å². The van der Waals surface area contributed by atoms with Crippen molar-refractivity contribution in [2.24, 2.45) is 5.41 Å². The molecule has 0 atom stereocenters. The average Bonchev–Trinajstić information content (AvgIpc) is 2.71. The Balaban J connectivity index is 1.96. The number of hydrogen-bond donors (Lipinski definition) is 1. The Labute approximate surface area is 172 Å². The Kier molecular flexibility index (Phi) is 5.63. The second kappa shape index (κ2) is 7.71. The highest BCUT2D eigenvalue weighted by Crippen LogP contribution is 2.38. The SMILES string of the molecule is CCCN1C(=O)C(C)(C)COc2cc(NS(=O)(=O)c3ccc(C)cc3C)ccc21. The van der Waals surface area contributed by atoms with Gasteiger partial charge >= 0.3 is 0 Å².